The molecule has 2 aliphatic heterocycles. The highest BCUT2D eigenvalue weighted by Crippen LogP contribution is 2.36. The van der Waals surface area contributed by atoms with Crippen molar-refractivity contribution in [1.29, 1.82) is 0 Å². The lowest BCUT2D eigenvalue weighted by molar-refractivity contribution is -0.128. The number of amides is 1. The van der Waals surface area contributed by atoms with Crippen LogP contribution in [0.25, 0.3) is 5.57 Å². The Hall–Kier alpha value is -3.76. The molecule has 3 aliphatic rings. The van der Waals surface area contributed by atoms with Crippen LogP contribution < -0.4 is 15.4 Å². The van der Waals surface area contributed by atoms with Crippen LogP contribution in [0.15, 0.2) is 60.2 Å². The van der Waals surface area contributed by atoms with E-state index >= 15 is 0 Å². The quantitative estimate of drug-likeness (QED) is 0.166. The number of nitrogens with zero attached hydrogens (tertiary/aromatic N) is 1. The average Bonchev–Trinajstić information content (AvgIpc) is 3.86. The lowest BCUT2D eigenvalue weighted by Crippen LogP contribution is -2.60. The van der Waals surface area contributed by atoms with Gasteiger partial charge in [0.15, 0.2) is 29.0 Å². The van der Waals surface area contributed by atoms with E-state index in [0.717, 1.165) is 54.3 Å². The van der Waals surface area contributed by atoms with E-state index in [9.17, 15) is 26.7 Å². The van der Waals surface area contributed by atoms with E-state index in [-0.39, 0.29) is 42.6 Å². The number of hydrogen-bond donors (Lipinski definition) is 2. The fraction of sp³-hybridized carbons (Fsp3) is 0.382. The molecule has 2 N–H and O–H groups in total. The molecular formula is C34H34F5N3O2. The number of hydrogen-bond acceptors (Lipinski definition) is 4. The van der Waals surface area contributed by atoms with Gasteiger partial charge in [0, 0.05) is 37.3 Å². The summed E-state index contributed by atoms with van der Waals surface area (Å²) in [4.78, 5) is 16.0. The molecule has 0 radical (unpaired) electrons. The van der Waals surface area contributed by atoms with E-state index < -0.39 is 34.8 Å². The fourth-order valence-electron chi connectivity index (χ4n) is 6.18. The van der Waals surface area contributed by atoms with Gasteiger partial charge in [0.05, 0.1) is 12.6 Å². The van der Waals surface area contributed by atoms with Crippen LogP contribution in [-0.4, -0.2) is 55.2 Å². The standard InChI is InChI=1S/C34H34F5N3O2/c35-26-5-1-4-22(31(26)38)14-15-42(24-10-11-24)34(43)30-25(17-23-18-40-19-29(30)41-23)21-8-6-20(7-9-21)3-2-16-44-33-28(37)13-12-27(36)32(33)39/h1,4-9,12-13,23-24,29,40-41H,2-3,10-11,14-19H2/t23?,29-/m1/s1. The van der Waals surface area contributed by atoms with Gasteiger partial charge in [-0.25, -0.2) is 17.6 Å². The molecule has 2 fully saturated rings. The highest BCUT2D eigenvalue weighted by atomic mass is 19.2. The zero-order valence-corrected chi connectivity index (χ0v) is 24.2. The van der Waals surface area contributed by atoms with Crippen LogP contribution in [0.1, 0.15) is 42.4 Å². The highest BCUT2D eigenvalue weighted by Gasteiger charge is 2.40. The van der Waals surface area contributed by atoms with E-state index in [2.05, 4.69) is 10.6 Å². The number of rotatable bonds is 11. The van der Waals surface area contributed by atoms with Crippen molar-refractivity contribution < 1.29 is 31.5 Å². The molecule has 10 heteroatoms. The van der Waals surface area contributed by atoms with E-state index in [1.165, 1.54) is 6.07 Å². The lowest BCUT2D eigenvalue weighted by atomic mass is 9.83. The molecule has 1 unspecified atom stereocenters. The molecule has 5 nitrogen and oxygen atoms in total. The third kappa shape index (κ3) is 6.51. The van der Waals surface area contributed by atoms with Crippen molar-refractivity contribution in [2.24, 2.45) is 0 Å². The molecular weight excluding hydrogens is 577 g/mol. The number of nitrogens with one attached hydrogen (secondary N) is 2. The number of halogens is 5. The summed E-state index contributed by atoms with van der Waals surface area (Å²) in [5.74, 6) is -5.99. The van der Waals surface area contributed by atoms with Crippen molar-refractivity contribution >= 4 is 11.5 Å². The van der Waals surface area contributed by atoms with Gasteiger partial charge < -0.3 is 20.3 Å². The summed E-state index contributed by atoms with van der Waals surface area (Å²) >= 11 is 0. The summed E-state index contributed by atoms with van der Waals surface area (Å²) in [5, 5.41) is 7.01. The molecule has 3 aromatic carbocycles. The van der Waals surface area contributed by atoms with Gasteiger partial charge in [-0.2, -0.15) is 4.39 Å². The Morgan fingerprint density at radius 3 is 2.39 bits per heavy atom. The Morgan fingerprint density at radius 2 is 1.61 bits per heavy atom. The zero-order chi connectivity index (χ0) is 30.8. The number of ether oxygens (including phenoxy) is 1. The highest BCUT2D eigenvalue weighted by molar-refractivity contribution is 6.03. The Kier molecular flexibility index (Phi) is 9.00. The summed E-state index contributed by atoms with van der Waals surface area (Å²) in [7, 11) is 0. The summed E-state index contributed by atoms with van der Waals surface area (Å²) < 4.78 is 74.5. The zero-order valence-electron chi connectivity index (χ0n) is 24.2. The van der Waals surface area contributed by atoms with Gasteiger partial charge in [0.2, 0.25) is 5.82 Å². The molecule has 3 aromatic rings. The molecule has 44 heavy (non-hydrogen) atoms. The fourth-order valence-corrected chi connectivity index (χ4v) is 6.18. The molecule has 6 rings (SSSR count). The molecule has 1 saturated heterocycles. The Morgan fingerprint density at radius 1 is 0.864 bits per heavy atom. The smallest absolute Gasteiger partial charge is 0.251 e. The van der Waals surface area contributed by atoms with Crippen LogP contribution in [0.4, 0.5) is 22.0 Å². The first-order valence-corrected chi connectivity index (χ1v) is 15.1. The predicted molar refractivity (Wildman–Crippen MR) is 156 cm³/mol. The van der Waals surface area contributed by atoms with Gasteiger partial charge in [-0.3, -0.25) is 4.79 Å². The third-order valence-electron chi connectivity index (χ3n) is 8.59. The molecule has 232 valence electrons. The average molecular weight is 612 g/mol. The normalized spacial score (nSPS) is 19.7. The number of carbonyl (C=O) groups is 1. The monoisotopic (exact) mass is 611 g/mol. The van der Waals surface area contributed by atoms with Crippen molar-refractivity contribution in [1.82, 2.24) is 15.5 Å². The van der Waals surface area contributed by atoms with Crippen molar-refractivity contribution in [3.63, 3.8) is 0 Å². The van der Waals surface area contributed by atoms with Crippen LogP contribution in [0.3, 0.4) is 0 Å². The molecule has 1 amide bonds. The Balaban J connectivity index is 1.17. The number of benzene rings is 3. The second-order valence-corrected chi connectivity index (χ2v) is 11.7. The number of carbonyl (C=O) groups excluding carboxylic acids is 1. The van der Waals surface area contributed by atoms with E-state index in [1.54, 1.807) is 6.07 Å². The maximum absolute atomic E-state index is 14.4. The van der Waals surface area contributed by atoms with Gasteiger partial charge in [0.1, 0.15) is 0 Å². The van der Waals surface area contributed by atoms with Gasteiger partial charge in [-0.15, -0.1) is 0 Å². The minimum absolute atomic E-state index is 0.0153. The molecule has 0 spiro atoms. The predicted octanol–water partition coefficient (Wildman–Crippen LogP) is 5.71. The first kappa shape index (κ1) is 30.3. The van der Waals surface area contributed by atoms with Gasteiger partial charge in [-0.05, 0) is 79.0 Å². The van der Waals surface area contributed by atoms with Crippen LogP contribution in [0.5, 0.6) is 5.75 Å². The van der Waals surface area contributed by atoms with E-state index in [4.69, 9.17) is 4.74 Å². The molecule has 2 heterocycles. The van der Waals surface area contributed by atoms with Gasteiger partial charge in [0.25, 0.3) is 5.91 Å². The van der Waals surface area contributed by atoms with Crippen molar-refractivity contribution in [3.8, 4) is 5.75 Å². The van der Waals surface area contributed by atoms with E-state index in [1.807, 2.05) is 29.2 Å². The number of piperazine rings is 1. The largest absolute Gasteiger partial charge is 0.488 e. The molecule has 2 bridgehead atoms. The summed E-state index contributed by atoms with van der Waals surface area (Å²) in [5.41, 5.74) is 3.88. The molecule has 1 aliphatic carbocycles. The van der Waals surface area contributed by atoms with Gasteiger partial charge >= 0.3 is 0 Å². The molecule has 0 aromatic heterocycles. The third-order valence-corrected chi connectivity index (χ3v) is 8.59. The van der Waals surface area contributed by atoms with E-state index in [0.29, 0.717) is 37.9 Å². The number of fused-ring (bicyclic) bond motifs is 2. The minimum atomic E-state index is -1.34. The number of aryl methyl sites for hydroxylation is 1. The van der Waals surface area contributed by atoms with Gasteiger partial charge in [-0.1, -0.05) is 36.4 Å². The second-order valence-electron chi connectivity index (χ2n) is 11.7. The first-order valence-electron chi connectivity index (χ1n) is 15.1. The topological polar surface area (TPSA) is 53.6 Å². The van der Waals surface area contributed by atoms with Crippen molar-refractivity contribution in [2.75, 3.05) is 26.2 Å². The minimum Gasteiger partial charge on any atom is -0.488 e. The molecule has 1 saturated carbocycles. The lowest BCUT2D eigenvalue weighted by Gasteiger charge is -2.41. The summed E-state index contributed by atoms with van der Waals surface area (Å²) in [6.07, 6.45) is 3.70. The molecule has 2 atom stereocenters. The summed E-state index contributed by atoms with van der Waals surface area (Å²) in [6, 6.07) is 13.7. The Bertz CT molecular complexity index is 1560. The Labute approximate surface area is 253 Å². The summed E-state index contributed by atoms with van der Waals surface area (Å²) in [6.45, 7) is 1.72. The van der Waals surface area contributed by atoms with Crippen LogP contribution in [-0.2, 0) is 17.6 Å². The van der Waals surface area contributed by atoms with Crippen molar-refractivity contribution in [2.45, 2.75) is 56.7 Å². The van der Waals surface area contributed by atoms with Crippen LogP contribution in [0.2, 0.25) is 0 Å². The second kappa shape index (κ2) is 13.1. The SMILES string of the molecule is O=C(C1=C(c2ccc(CCCOc3c(F)ccc(F)c3F)cc2)CC2CNC[C@H]1N2)N(CCc1cccc(F)c1F)C1CC1. The maximum Gasteiger partial charge on any atom is 0.251 e. The maximum atomic E-state index is 14.4. The van der Waals surface area contributed by atoms with Crippen molar-refractivity contribution in [3.05, 3.63) is 106 Å². The van der Waals surface area contributed by atoms with Crippen LogP contribution >= 0.6 is 0 Å². The van der Waals surface area contributed by atoms with Crippen LogP contribution in [0, 0.1) is 29.1 Å². The first-order chi connectivity index (χ1) is 21.3.